The third kappa shape index (κ3) is 2.97. The second-order valence-electron chi connectivity index (χ2n) is 3.76. The Kier molecular flexibility index (Phi) is 3.64. The van der Waals surface area contributed by atoms with Crippen molar-refractivity contribution < 1.29 is 14.6 Å². The Morgan fingerprint density at radius 3 is 3.00 bits per heavy atom. The van der Waals surface area contributed by atoms with Gasteiger partial charge in [-0.1, -0.05) is 29.8 Å². The van der Waals surface area contributed by atoms with E-state index in [1.165, 1.54) is 0 Å². The van der Waals surface area contributed by atoms with Crippen molar-refractivity contribution in [1.82, 2.24) is 0 Å². The highest BCUT2D eigenvalue weighted by Crippen LogP contribution is 2.29. The maximum atomic E-state index is 10.4. The van der Waals surface area contributed by atoms with Gasteiger partial charge in [0, 0.05) is 11.4 Å². The maximum Gasteiger partial charge on any atom is 0.303 e. The van der Waals surface area contributed by atoms with E-state index in [0.29, 0.717) is 23.9 Å². The van der Waals surface area contributed by atoms with Crippen LogP contribution in [-0.2, 0) is 9.53 Å². The van der Waals surface area contributed by atoms with Gasteiger partial charge >= 0.3 is 5.97 Å². The van der Waals surface area contributed by atoms with Crippen molar-refractivity contribution in [3.05, 3.63) is 34.9 Å². The number of halogens is 1. The van der Waals surface area contributed by atoms with E-state index in [-0.39, 0.29) is 12.5 Å². The van der Waals surface area contributed by atoms with Gasteiger partial charge in [-0.15, -0.1) is 0 Å². The number of carboxylic acid groups (broad SMARTS) is 1. The first-order valence-corrected chi connectivity index (χ1v) is 5.70. The predicted molar refractivity (Wildman–Crippen MR) is 64.4 cm³/mol. The van der Waals surface area contributed by atoms with Crippen molar-refractivity contribution in [2.24, 2.45) is 4.99 Å². The normalized spacial score (nSPS) is 18.6. The molecule has 0 spiro atoms. The number of rotatable bonds is 4. The average molecular weight is 254 g/mol. The first-order chi connectivity index (χ1) is 8.16. The maximum absolute atomic E-state index is 10.4. The lowest BCUT2D eigenvalue weighted by Crippen LogP contribution is -2.03. The minimum atomic E-state index is -0.850. The molecule has 1 unspecified atom stereocenters. The van der Waals surface area contributed by atoms with Gasteiger partial charge in [-0.25, -0.2) is 4.99 Å². The highest BCUT2D eigenvalue weighted by Gasteiger charge is 2.22. The van der Waals surface area contributed by atoms with E-state index in [0.717, 1.165) is 5.56 Å². The summed E-state index contributed by atoms with van der Waals surface area (Å²) in [6.07, 6.45) is 0.365. The van der Waals surface area contributed by atoms with Crippen molar-refractivity contribution in [1.29, 1.82) is 0 Å². The van der Waals surface area contributed by atoms with Crippen LogP contribution in [0.15, 0.2) is 29.3 Å². The van der Waals surface area contributed by atoms with Gasteiger partial charge in [0.1, 0.15) is 12.6 Å². The zero-order valence-corrected chi connectivity index (χ0v) is 9.85. The van der Waals surface area contributed by atoms with Crippen LogP contribution in [0, 0.1) is 0 Å². The minimum absolute atomic E-state index is 0.0358. The Bertz CT molecular complexity index is 459. The van der Waals surface area contributed by atoms with Crippen LogP contribution in [0.2, 0.25) is 5.02 Å². The van der Waals surface area contributed by atoms with Crippen LogP contribution in [-0.4, -0.2) is 23.6 Å². The average Bonchev–Trinajstić information content (AvgIpc) is 2.75. The Morgan fingerprint density at radius 1 is 1.53 bits per heavy atom. The Morgan fingerprint density at radius 2 is 2.29 bits per heavy atom. The van der Waals surface area contributed by atoms with Crippen LogP contribution in [0.5, 0.6) is 0 Å². The minimum Gasteiger partial charge on any atom is -0.481 e. The molecule has 1 aromatic carbocycles. The molecular weight excluding hydrogens is 242 g/mol. The fourth-order valence-corrected chi connectivity index (χ4v) is 1.94. The largest absolute Gasteiger partial charge is 0.481 e. The Balaban J connectivity index is 2.06. The monoisotopic (exact) mass is 253 g/mol. The molecule has 4 nitrogen and oxygen atoms in total. The number of hydrogen-bond acceptors (Lipinski definition) is 3. The SMILES string of the molecule is O=C(O)CCC1=NC(c2ccccc2Cl)CO1. The molecule has 1 N–H and O–H groups in total. The number of carbonyl (C=O) groups is 1. The van der Waals surface area contributed by atoms with Gasteiger partial charge in [0.2, 0.25) is 0 Å². The van der Waals surface area contributed by atoms with Gasteiger partial charge in [-0.3, -0.25) is 4.79 Å². The van der Waals surface area contributed by atoms with Crippen molar-refractivity contribution in [3.8, 4) is 0 Å². The van der Waals surface area contributed by atoms with Gasteiger partial charge in [0.15, 0.2) is 5.90 Å². The van der Waals surface area contributed by atoms with Crippen molar-refractivity contribution >= 4 is 23.5 Å². The summed E-state index contributed by atoms with van der Waals surface area (Å²) < 4.78 is 5.35. The fraction of sp³-hybridized carbons (Fsp3) is 0.333. The molecule has 1 aliphatic heterocycles. The molecule has 0 radical (unpaired) electrons. The van der Waals surface area contributed by atoms with Crippen LogP contribution in [0.3, 0.4) is 0 Å². The van der Waals surface area contributed by atoms with Gasteiger partial charge in [-0.2, -0.15) is 0 Å². The number of aliphatic imine (C=N–C) groups is 1. The zero-order chi connectivity index (χ0) is 12.3. The standard InChI is InChI=1S/C12H12ClNO3/c13-9-4-2-1-3-8(9)10-7-17-11(14-10)5-6-12(15)16/h1-4,10H,5-7H2,(H,15,16). The Labute approximate surface area is 104 Å². The first kappa shape index (κ1) is 11.9. The van der Waals surface area contributed by atoms with Crippen LogP contribution < -0.4 is 0 Å². The molecule has 0 saturated heterocycles. The molecule has 17 heavy (non-hydrogen) atoms. The molecule has 0 fully saturated rings. The molecule has 0 aromatic heterocycles. The molecule has 0 amide bonds. The molecule has 0 aliphatic carbocycles. The smallest absolute Gasteiger partial charge is 0.303 e. The summed E-state index contributed by atoms with van der Waals surface area (Å²) in [6, 6.07) is 7.34. The quantitative estimate of drug-likeness (QED) is 0.897. The second kappa shape index (κ2) is 5.19. The second-order valence-corrected chi connectivity index (χ2v) is 4.17. The van der Waals surface area contributed by atoms with E-state index in [1.54, 1.807) is 0 Å². The number of hydrogen-bond donors (Lipinski definition) is 1. The summed E-state index contributed by atoms with van der Waals surface area (Å²) in [7, 11) is 0. The molecular formula is C12H12ClNO3. The summed E-state index contributed by atoms with van der Waals surface area (Å²) >= 11 is 6.06. The van der Waals surface area contributed by atoms with E-state index in [9.17, 15) is 4.79 Å². The van der Waals surface area contributed by atoms with Gasteiger partial charge in [0.05, 0.1) is 6.42 Å². The van der Waals surface area contributed by atoms with Gasteiger partial charge < -0.3 is 9.84 Å². The zero-order valence-electron chi connectivity index (χ0n) is 9.10. The molecule has 1 aromatic rings. The highest BCUT2D eigenvalue weighted by molar-refractivity contribution is 6.31. The number of benzene rings is 1. The lowest BCUT2D eigenvalue weighted by molar-refractivity contribution is -0.136. The van der Waals surface area contributed by atoms with Crippen LogP contribution in [0.25, 0.3) is 0 Å². The van der Waals surface area contributed by atoms with E-state index >= 15 is 0 Å². The molecule has 2 rings (SSSR count). The molecule has 1 heterocycles. The van der Waals surface area contributed by atoms with Crippen LogP contribution in [0.1, 0.15) is 24.4 Å². The molecule has 90 valence electrons. The summed E-state index contributed by atoms with van der Waals surface area (Å²) in [4.78, 5) is 14.8. The number of carboxylic acids is 1. The summed E-state index contributed by atoms with van der Waals surface area (Å²) in [5, 5.41) is 9.23. The Hall–Kier alpha value is -1.55. The van der Waals surface area contributed by atoms with Crippen molar-refractivity contribution in [3.63, 3.8) is 0 Å². The summed E-state index contributed by atoms with van der Waals surface area (Å²) in [6.45, 7) is 0.429. The van der Waals surface area contributed by atoms with E-state index < -0.39 is 5.97 Å². The van der Waals surface area contributed by atoms with E-state index in [2.05, 4.69) is 4.99 Å². The summed E-state index contributed by atoms with van der Waals surface area (Å²) in [5.41, 5.74) is 0.916. The molecule has 1 atom stereocenters. The van der Waals surface area contributed by atoms with Gasteiger partial charge in [0.25, 0.3) is 0 Å². The predicted octanol–water partition coefficient (Wildman–Crippen LogP) is 2.67. The lowest BCUT2D eigenvalue weighted by atomic mass is 10.1. The van der Waals surface area contributed by atoms with Gasteiger partial charge in [-0.05, 0) is 11.6 Å². The van der Waals surface area contributed by atoms with E-state index in [1.807, 2.05) is 24.3 Å². The molecule has 0 bridgehead atoms. The molecule has 0 saturated carbocycles. The fourth-order valence-electron chi connectivity index (χ4n) is 1.68. The van der Waals surface area contributed by atoms with Crippen LogP contribution in [0.4, 0.5) is 0 Å². The molecule has 1 aliphatic rings. The third-order valence-electron chi connectivity index (χ3n) is 2.52. The number of ether oxygens (including phenoxy) is 1. The lowest BCUT2D eigenvalue weighted by Gasteiger charge is -2.06. The number of nitrogens with zero attached hydrogens (tertiary/aromatic N) is 1. The first-order valence-electron chi connectivity index (χ1n) is 5.32. The van der Waals surface area contributed by atoms with Crippen molar-refractivity contribution in [2.45, 2.75) is 18.9 Å². The number of aliphatic carboxylic acids is 1. The summed E-state index contributed by atoms with van der Waals surface area (Å²) in [5.74, 6) is -0.352. The topological polar surface area (TPSA) is 58.9 Å². The van der Waals surface area contributed by atoms with Crippen LogP contribution >= 0.6 is 11.6 Å². The van der Waals surface area contributed by atoms with Crippen molar-refractivity contribution in [2.75, 3.05) is 6.61 Å². The third-order valence-corrected chi connectivity index (χ3v) is 2.87. The molecule has 5 heteroatoms. The highest BCUT2D eigenvalue weighted by atomic mass is 35.5. The van der Waals surface area contributed by atoms with E-state index in [4.69, 9.17) is 21.4 Å².